The molecular weight excluding hydrogens is 424 g/mol. The summed E-state index contributed by atoms with van der Waals surface area (Å²) in [6.07, 6.45) is 7.11. The highest BCUT2D eigenvalue weighted by Gasteiger charge is 2.26. The Morgan fingerprint density at radius 1 is 1.20 bits per heavy atom. The van der Waals surface area contributed by atoms with Crippen molar-refractivity contribution in [2.75, 3.05) is 23.4 Å². The number of hydrogen-bond donors (Lipinski definition) is 3. The molecule has 2 amide bonds. The maximum absolute atomic E-state index is 12.9. The van der Waals surface area contributed by atoms with E-state index in [4.69, 9.17) is 0 Å². The van der Waals surface area contributed by atoms with Gasteiger partial charge in [0.05, 0.1) is 11.9 Å². The van der Waals surface area contributed by atoms with Crippen LogP contribution < -0.4 is 15.4 Å². The summed E-state index contributed by atoms with van der Waals surface area (Å²) in [4.78, 5) is 30.4. The Balaban J connectivity index is 1.62. The van der Waals surface area contributed by atoms with Crippen molar-refractivity contribution in [2.24, 2.45) is 5.92 Å². The Labute approximate surface area is 180 Å². The lowest BCUT2D eigenvalue weighted by Crippen LogP contribution is -2.24. The van der Waals surface area contributed by atoms with Crippen LogP contribution in [0.15, 0.2) is 24.4 Å². The van der Waals surface area contributed by atoms with E-state index < -0.39 is 16.1 Å². The zero-order valence-corrected chi connectivity index (χ0v) is 18.7. The smallest absolute Gasteiger partial charge is 0.307 e. The second kappa shape index (κ2) is 9.67. The molecule has 3 N–H and O–H groups in total. The number of rotatable bonds is 8. The zero-order chi connectivity index (χ0) is 21.7. The molecule has 0 unspecified atom stereocenters. The minimum atomic E-state index is -3.23. The summed E-state index contributed by atoms with van der Waals surface area (Å²) in [7, 11) is -3.23. The second-order valence-corrected chi connectivity index (χ2v) is 10.5. The van der Waals surface area contributed by atoms with Crippen molar-refractivity contribution in [3.63, 3.8) is 0 Å². The van der Waals surface area contributed by atoms with E-state index in [0.717, 1.165) is 42.4 Å². The molecule has 162 valence electrons. The molecule has 1 aromatic heterocycles. The molecule has 10 heteroatoms. The first-order valence-corrected chi connectivity index (χ1v) is 12.5. The van der Waals surface area contributed by atoms with Gasteiger partial charge < -0.3 is 5.32 Å². The van der Waals surface area contributed by atoms with Crippen molar-refractivity contribution in [1.82, 2.24) is 9.71 Å². The molecule has 1 fully saturated rings. The average Bonchev–Trinajstić information content (AvgIpc) is 3.34. The molecule has 8 nitrogen and oxygen atoms in total. The van der Waals surface area contributed by atoms with Gasteiger partial charge in [-0.2, -0.15) is 0 Å². The quantitative estimate of drug-likeness (QED) is 0.532. The van der Waals surface area contributed by atoms with Crippen molar-refractivity contribution in [1.29, 1.82) is 0 Å². The van der Waals surface area contributed by atoms with Crippen LogP contribution in [0.1, 0.15) is 46.5 Å². The van der Waals surface area contributed by atoms with Crippen LogP contribution in [0.3, 0.4) is 0 Å². The van der Waals surface area contributed by atoms with E-state index in [1.165, 1.54) is 11.3 Å². The summed E-state index contributed by atoms with van der Waals surface area (Å²) in [6, 6.07) is 4.96. The van der Waals surface area contributed by atoms with E-state index >= 15 is 0 Å². The Morgan fingerprint density at radius 2 is 1.93 bits per heavy atom. The molecule has 2 aromatic rings. The van der Waals surface area contributed by atoms with Gasteiger partial charge in [0.2, 0.25) is 10.0 Å². The van der Waals surface area contributed by atoms with E-state index in [9.17, 15) is 18.0 Å². The van der Waals surface area contributed by atoms with Gasteiger partial charge in [-0.25, -0.2) is 22.9 Å². The molecule has 1 heterocycles. The third-order valence-electron chi connectivity index (χ3n) is 4.92. The predicted octanol–water partition coefficient (Wildman–Crippen LogP) is 3.56. The predicted molar refractivity (Wildman–Crippen MR) is 119 cm³/mol. The van der Waals surface area contributed by atoms with E-state index in [1.54, 1.807) is 12.3 Å². The largest absolute Gasteiger partial charge is 0.325 e. The van der Waals surface area contributed by atoms with Crippen LogP contribution in [0.5, 0.6) is 0 Å². The maximum atomic E-state index is 12.9. The summed E-state index contributed by atoms with van der Waals surface area (Å²) in [6.45, 7) is 2.19. The molecule has 0 atom stereocenters. The van der Waals surface area contributed by atoms with Crippen molar-refractivity contribution < 1.29 is 18.0 Å². The van der Waals surface area contributed by atoms with Crippen LogP contribution in [0.2, 0.25) is 0 Å². The van der Waals surface area contributed by atoms with Gasteiger partial charge in [-0.1, -0.05) is 24.5 Å². The van der Waals surface area contributed by atoms with Crippen molar-refractivity contribution in [3.8, 4) is 0 Å². The third-order valence-corrected chi connectivity index (χ3v) is 6.63. The monoisotopic (exact) mass is 450 g/mol. The van der Waals surface area contributed by atoms with Crippen molar-refractivity contribution in [2.45, 2.75) is 39.0 Å². The van der Waals surface area contributed by atoms with Crippen LogP contribution in [0.4, 0.5) is 15.6 Å². The van der Waals surface area contributed by atoms with Crippen molar-refractivity contribution in [3.05, 3.63) is 40.4 Å². The van der Waals surface area contributed by atoms with E-state index in [2.05, 4.69) is 20.3 Å². The summed E-state index contributed by atoms with van der Waals surface area (Å²) < 4.78 is 24.6. The molecule has 0 saturated heterocycles. The normalized spacial score (nSPS) is 14.6. The minimum Gasteiger partial charge on any atom is -0.307 e. The number of sulfonamides is 1. The molecule has 1 aromatic carbocycles. The number of carbonyl (C=O) groups excluding carboxylic acids is 2. The first-order valence-electron chi connectivity index (χ1n) is 9.83. The number of urea groups is 1. The highest BCUT2D eigenvalue weighted by atomic mass is 32.2. The van der Waals surface area contributed by atoms with Crippen molar-refractivity contribution >= 4 is 44.0 Å². The molecule has 30 heavy (non-hydrogen) atoms. The van der Waals surface area contributed by atoms with E-state index in [1.807, 2.05) is 19.1 Å². The van der Waals surface area contributed by atoms with Gasteiger partial charge in [0.25, 0.3) is 0 Å². The fraction of sp³-hybridized carbons (Fsp3) is 0.450. The highest BCUT2D eigenvalue weighted by molar-refractivity contribution is 7.88. The fourth-order valence-electron chi connectivity index (χ4n) is 3.47. The first kappa shape index (κ1) is 22.4. The summed E-state index contributed by atoms with van der Waals surface area (Å²) in [5.74, 6) is 0.110. The number of carbonyl (C=O) groups is 2. The van der Waals surface area contributed by atoms with Gasteiger partial charge in [0.15, 0.2) is 10.9 Å². The Hall–Kier alpha value is -2.30. The lowest BCUT2D eigenvalue weighted by Gasteiger charge is -2.14. The van der Waals surface area contributed by atoms with Crippen LogP contribution in [0.25, 0.3) is 0 Å². The number of anilines is 2. The van der Waals surface area contributed by atoms with Gasteiger partial charge >= 0.3 is 6.03 Å². The van der Waals surface area contributed by atoms with Crippen LogP contribution >= 0.6 is 11.3 Å². The van der Waals surface area contributed by atoms with Gasteiger partial charge in [0, 0.05) is 29.1 Å². The lowest BCUT2D eigenvalue weighted by molar-refractivity contribution is 0.0923. The number of aryl methyl sites for hydroxylation is 1. The number of amides is 2. The van der Waals surface area contributed by atoms with Gasteiger partial charge in [-0.3, -0.25) is 10.1 Å². The van der Waals surface area contributed by atoms with Gasteiger partial charge in [-0.05, 0) is 38.3 Å². The van der Waals surface area contributed by atoms with Crippen LogP contribution in [0, 0.1) is 12.8 Å². The molecule has 0 bridgehead atoms. The Kier molecular flexibility index (Phi) is 7.22. The number of thiazole rings is 1. The number of nitrogens with zero attached hydrogens (tertiary/aromatic N) is 1. The minimum absolute atomic E-state index is 0.0254. The van der Waals surface area contributed by atoms with E-state index in [0.29, 0.717) is 22.8 Å². The number of benzene rings is 1. The maximum Gasteiger partial charge on any atom is 0.325 e. The molecule has 1 aliphatic rings. The first-order chi connectivity index (χ1) is 14.2. The number of Topliss-reactive ketones (excluding diaryl/α,β-unsaturated/α-hetero) is 1. The Bertz CT molecular complexity index is 1030. The molecule has 0 spiro atoms. The summed E-state index contributed by atoms with van der Waals surface area (Å²) in [5.41, 5.74) is 2.00. The zero-order valence-electron chi connectivity index (χ0n) is 17.0. The topological polar surface area (TPSA) is 117 Å². The standard InChI is InChI=1S/C20H26N4O4S2/c1-13-7-8-17(16(11-13)18(25)14-5-3-4-6-14)23-19(26)24-20-21-12-15(29-20)9-10-22-30(2,27)28/h7-8,11-12,14,22H,3-6,9-10H2,1-2H3,(H2,21,23,24,26). The SMILES string of the molecule is Cc1ccc(NC(=O)Nc2ncc(CCNS(C)(=O)=O)s2)c(C(=O)C2CCCC2)c1. The average molecular weight is 451 g/mol. The Morgan fingerprint density at radius 3 is 2.63 bits per heavy atom. The molecular formula is C20H26N4O4S2. The van der Waals surface area contributed by atoms with Crippen LogP contribution in [-0.2, 0) is 16.4 Å². The molecule has 1 aliphatic carbocycles. The number of nitrogens with one attached hydrogen (secondary N) is 3. The number of aromatic nitrogens is 1. The third kappa shape index (κ3) is 6.35. The summed E-state index contributed by atoms with van der Waals surface area (Å²) >= 11 is 1.27. The fourth-order valence-corrected chi connectivity index (χ4v) is 4.75. The van der Waals surface area contributed by atoms with Gasteiger partial charge in [0.1, 0.15) is 0 Å². The molecule has 0 radical (unpaired) electrons. The molecule has 3 rings (SSSR count). The molecule has 1 saturated carbocycles. The van der Waals surface area contributed by atoms with Gasteiger partial charge in [-0.15, -0.1) is 11.3 Å². The summed E-state index contributed by atoms with van der Waals surface area (Å²) in [5, 5.41) is 5.84. The second-order valence-electron chi connectivity index (χ2n) is 7.52. The highest BCUT2D eigenvalue weighted by Crippen LogP contribution is 2.31. The van der Waals surface area contributed by atoms with Crippen LogP contribution in [-0.4, -0.2) is 38.0 Å². The van der Waals surface area contributed by atoms with E-state index in [-0.39, 0.29) is 18.2 Å². The molecule has 0 aliphatic heterocycles. The number of ketones is 1. The number of hydrogen-bond acceptors (Lipinski definition) is 6. The lowest BCUT2D eigenvalue weighted by atomic mass is 9.94.